The SMILES string of the molecule is COC1(C(N)Cc2ccc(Cl)c(Cl)c2)CCC1. The first-order valence-electron chi connectivity index (χ1n) is 5.82. The Balaban J connectivity index is 2.07. The van der Waals surface area contributed by atoms with Crippen molar-refractivity contribution in [3.8, 4) is 0 Å². The molecule has 0 spiro atoms. The Bertz CT molecular complexity index is 399. The molecular weight excluding hydrogens is 257 g/mol. The smallest absolute Gasteiger partial charge is 0.0832 e. The van der Waals surface area contributed by atoms with Gasteiger partial charge in [-0.2, -0.15) is 0 Å². The molecule has 0 radical (unpaired) electrons. The Kier molecular flexibility index (Phi) is 3.99. The van der Waals surface area contributed by atoms with Gasteiger partial charge in [0, 0.05) is 13.2 Å². The van der Waals surface area contributed by atoms with Crippen LogP contribution in [0.4, 0.5) is 0 Å². The molecule has 1 fully saturated rings. The molecule has 17 heavy (non-hydrogen) atoms. The van der Waals surface area contributed by atoms with E-state index in [-0.39, 0.29) is 11.6 Å². The number of methoxy groups -OCH3 is 1. The Morgan fingerprint density at radius 1 is 1.35 bits per heavy atom. The summed E-state index contributed by atoms with van der Waals surface area (Å²) in [4.78, 5) is 0. The Morgan fingerprint density at radius 3 is 2.53 bits per heavy atom. The minimum Gasteiger partial charge on any atom is -0.377 e. The van der Waals surface area contributed by atoms with E-state index < -0.39 is 0 Å². The van der Waals surface area contributed by atoms with Crippen LogP contribution in [0.15, 0.2) is 18.2 Å². The summed E-state index contributed by atoms with van der Waals surface area (Å²) in [5, 5.41) is 1.16. The normalized spacial score (nSPS) is 19.8. The first kappa shape index (κ1) is 13.2. The molecule has 4 heteroatoms. The van der Waals surface area contributed by atoms with E-state index in [1.54, 1.807) is 7.11 Å². The van der Waals surface area contributed by atoms with Crippen molar-refractivity contribution in [2.75, 3.05) is 7.11 Å². The molecule has 1 saturated carbocycles. The second kappa shape index (κ2) is 5.15. The van der Waals surface area contributed by atoms with Gasteiger partial charge < -0.3 is 10.5 Å². The van der Waals surface area contributed by atoms with Crippen LogP contribution in [0.5, 0.6) is 0 Å². The van der Waals surface area contributed by atoms with Crippen LogP contribution in [0.25, 0.3) is 0 Å². The molecule has 94 valence electrons. The van der Waals surface area contributed by atoms with E-state index in [1.807, 2.05) is 18.2 Å². The van der Waals surface area contributed by atoms with Gasteiger partial charge >= 0.3 is 0 Å². The highest BCUT2D eigenvalue weighted by Crippen LogP contribution is 2.38. The van der Waals surface area contributed by atoms with Crippen LogP contribution in [-0.4, -0.2) is 18.8 Å². The molecule has 1 aromatic rings. The number of rotatable bonds is 4. The molecule has 1 unspecified atom stereocenters. The first-order chi connectivity index (χ1) is 8.07. The number of benzene rings is 1. The third kappa shape index (κ3) is 2.60. The topological polar surface area (TPSA) is 35.2 Å². The highest BCUT2D eigenvalue weighted by atomic mass is 35.5. The average molecular weight is 274 g/mol. The summed E-state index contributed by atoms with van der Waals surface area (Å²) in [5.74, 6) is 0. The monoisotopic (exact) mass is 273 g/mol. The Hall–Kier alpha value is -0.280. The van der Waals surface area contributed by atoms with E-state index in [1.165, 1.54) is 6.42 Å². The fourth-order valence-corrected chi connectivity index (χ4v) is 2.68. The molecule has 2 nitrogen and oxygen atoms in total. The van der Waals surface area contributed by atoms with Crippen LogP contribution < -0.4 is 5.73 Å². The fraction of sp³-hybridized carbons (Fsp3) is 0.538. The van der Waals surface area contributed by atoms with Gasteiger partial charge in [-0.1, -0.05) is 29.3 Å². The molecule has 1 aliphatic rings. The lowest BCUT2D eigenvalue weighted by Crippen LogP contribution is -2.55. The predicted molar refractivity (Wildman–Crippen MR) is 71.7 cm³/mol. The predicted octanol–water partition coefficient (Wildman–Crippen LogP) is 3.43. The summed E-state index contributed by atoms with van der Waals surface area (Å²) >= 11 is 11.9. The van der Waals surface area contributed by atoms with Gasteiger partial charge in [-0.05, 0) is 43.4 Å². The molecule has 0 heterocycles. The van der Waals surface area contributed by atoms with Crippen molar-refractivity contribution in [3.63, 3.8) is 0 Å². The van der Waals surface area contributed by atoms with Crippen LogP contribution in [-0.2, 0) is 11.2 Å². The number of hydrogen-bond acceptors (Lipinski definition) is 2. The molecule has 0 bridgehead atoms. The largest absolute Gasteiger partial charge is 0.377 e. The Morgan fingerprint density at radius 2 is 2.06 bits per heavy atom. The minimum absolute atomic E-state index is 0.0125. The lowest BCUT2D eigenvalue weighted by atomic mass is 9.73. The molecule has 1 atom stereocenters. The minimum atomic E-state index is -0.133. The van der Waals surface area contributed by atoms with Crippen molar-refractivity contribution in [2.24, 2.45) is 5.73 Å². The molecule has 0 saturated heterocycles. The quantitative estimate of drug-likeness (QED) is 0.912. The van der Waals surface area contributed by atoms with Crippen LogP contribution in [0.3, 0.4) is 0 Å². The summed E-state index contributed by atoms with van der Waals surface area (Å²) in [5.41, 5.74) is 7.22. The van der Waals surface area contributed by atoms with E-state index in [2.05, 4.69) is 0 Å². The summed E-state index contributed by atoms with van der Waals surface area (Å²) in [6.45, 7) is 0. The summed E-state index contributed by atoms with van der Waals surface area (Å²) in [7, 11) is 1.74. The maximum atomic E-state index is 6.24. The molecular formula is C13H17Cl2NO. The van der Waals surface area contributed by atoms with Gasteiger partial charge in [0.1, 0.15) is 0 Å². The highest BCUT2D eigenvalue weighted by Gasteiger charge is 2.42. The number of hydrogen-bond donors (Lipinski definition) is 1. The molecule has 0 aromatic heterocycles. The van der Waals surface area contributed by atoms with Gasteiger partial charge in [0.2, 0.25) is 0 Å². The van der Waals surface area contributed by atoms with Crippen molar-refractivity contribution in [2.45, 2.75) is 37.3 Å². The van der Waals surface area contributed by atoms with Crippen molar-refractivity contribution in [1.82, 2.24) is 0 Å². The summed E-state index contributed by atoms with van der Waals surface area (Å²) in [6, 6.07) is 5.67. The van der Waals surface area contributed by atoms with Gasteiger partial charge in [0.15, 0.2) is 0 Å². The number of nitrogens with two attached hydrogens (primary N) is 1. The molecule has 0 aliphatic heterocycles. The summed E-state index contributed by atoms with van der Waals surface area (Å²) < 4.78 is 5.58. The van der Waals surface area contributed by atoms with Crippen molar-refractivity contribution >= 4 is 23.2 Å². The van der Waals surface area contributed by atoms with Crippen LogP contribution in [0, 0.1) is 0 Å². The van der Waals surface area contributed by atoms with Gasteiger partial charge in [-0.25, -0.2) is 0 Å². The second-order valence-electron chi connectivity index (χ2n) is 4.68. The molecule has 0 amide bonds. The van der Waals surface area contributed by atoms with Crippen LogP contribution >= 0.6 is 23.2 Å². The van der Waals surface area contributed by atoms with E-state index in [4.69, 9.17) is 33.7 Å². The molecule has 2 N–H and O–H groups in total. The zero-order chi connectivity index (χ0) is 12.5. The fourth-order valence-electron chi connectivity index (χ4n) is 2.36. The van der Waals surface area contributed by atoms with E-state index in [9.17, 15) is 0 Å². The maximum Gasteiger partial charge on any atom is 0.0832 e. The second-order valence-corrected chi connectivity index (χ2v) is 5.50. The highest BCUT2D eigenvalue weighted by molar-refractivity contribution is 6.42. The van der Waals surface area contributed by atoms with Crippen molar-refractivity contribution in [1.29, 1.82) is 0 Å². The zero-order valence-corrected chi connectivity index (χ0v) is 11.4. The van der Waals surface area contributed by atoms with E-state index in [0.29, 0.717) is 10.0 Å². The lowest BCUT2D eigenvalue weighted by Gasteiger charge is -2.45. The lowest BCUT2D eigenvalue weighted by molar-refractivity contribution is -0.0897. The number of ether oxygens (including phenoxy) is 1. The van der Waals surface area contributed by atoms with Gasteiger partial charge in [0.25, 0.3) is 0 Å². The third-order valence-corrected chi connectivity index (χ3v) is 4.46. The maximum absolute atomic E-state index is 6.24. The van der Waals surface area contributed by atoms with Gasteiger partial charge in [-0.3, -0.25) is 0 Å². The van der Waals surface area contributed by atoms with Crippen molar-refractivity contribution < 1.29 is 4.74 Å². The average Bonchev–Trinajstić information content (AvgIpc) is 2.23. The first-order valence-corrected chi connectivity index (χ1v) is 6.58. The third-order valence-electron chi connectivity index (χ3n) is 3.72. The van der Waals surface area contributed by atoms with E-state index >= 15 is 0 Å². The van der Waals surface area contributed by atoms with E-state index in [0.717, 1.165) is 24.8 Å². The summed E-state index contributed by atoms with van der Waals surface area (Å²) in [6.07, 6.45) is 4.06. The Labute approximate surface area is 112 Å². The van der Waals surface area contributed by atoms with Gasteiger partial charge in [-0.15, -0.1) is 0 Å². The van der Waals surface area contributed by atoms with Crippen molar-refractivity contribution in [3.05, 3.63) is 33.8 Å². The number of halogens is 2. The molecule has 2 rings (SSSR count). The molecule has 1 aromatic carbocycles. The van der Waals surface area contributed by atoms with Gasteiger partial charge in [0.05, 0.1) is 15.6 Å². The van der Waals surface area contributed by atoms with Crippen LogP contribution in [0.1, 0.15) is 24.8 Å². The molecule has 1 aliphatic carbocycles. The zero-order valence-electron chi connectivity index (χ0n) is 9.88. The standard InChI is InChI=1S/C13H17Cl2NO/c1-17-13(5-2-6-13)12(16)8-9-3-4-10(14)11(15)7-9/h3-4,7,12H,2,5-6,8,16H2,1H3. The van der Waals surface area contributed by atoms with Crippen LogP contribution in [0.2, 0.25) is 10.0 Å².